The molecule has 19 heavy (non-hydrogen) atoms. The highest BCUT2D eigenvalue weighted by molar-refractivity contribution is 5.99. The summed E-state index contributed by atoms with van der Waals surface area (Å²) in [6.07, 6.45) is 2.61. The van der Waals surface area contributed by atoms with Crippen LogP contribution < -0.4 is 5.32 Å². The van der Waals surface area contributed by atoms with Crippen LogP contribution in [0.5, 0.6) is 0 Å². The molecule has 0 spiro atoms. The third kappa shape index (κ3) is 2.05. The van der Waals surface area contributed by atoms with E-state index in [2.05, 4.69) is 36.4 Å². The van der Waals surface area contributed by atoms with Crippen LogP contribution >= 0.6 is 0 Å². The topological polar surface area (TPSA) is 52.6 Å². The lowest BCUT2D eigenvalue weighted by atomic mass is 9.88. The number of hydrogen-bond acceptors (Lipinski definition) is 3. The molecule has 3 rings (SSSR count). The lowest BCUT2D eigenvalue weighted by Gasteiger charge is -2.32. The van der Waals surface area contributed by atoms with Gasteiger partial charge in [-0.3, -0.25) is 4.79 Å². The van der Waals surface area contributed by atoms with Gasteiger partial charge in [-0.05, 0) is 44.1 Å². The van der Waals surface area contributed by atoms with Crippen LogP contribution in [0.25, 0.3) is 0 Å². The third-order valence-electron chi connectivity index (χ3n) is 4.37. The van der Waals surface area contributed by atoms with Gasteiger partial charge in [-0.2, -0.15) is 0 Å². The van der Waals surface area contributed by atoms with Crippen LogP contribution in [0.2, 0.25) is 0 Å². The molecular formula is C15H20N2O2. The molecule has 1 unspecified atom stereocenters. The Morgan fingerprint density at radius 2 is 2.16 bits per heavy atom. The second-order valence-electron chi connectivity index (χ2n) is 6.03. The quantitative estimate of drug-likeness (QED) is 0.863. The van der Waals surface area contributed by atoms with Gasteiger partial charge in [0, 0.05) is 17.1 Å². The maximum atomic E-state index is 11.4. The number of nitrogens with one attached hydrogen (secondary N) is 1. The minimum Gasteiger partial charge on any atom is -0.396 e. The zero-order chi connectivity index (χ0) is 13.6. The number of aliphatic hydroxyl groups excluding tert-OH is 1. The number of fused-ring (bicyclic) bond motifs is 1. The van der Waals surface area contributed by atoms with Crippen molar-refractivity contribution in [3.63, 3.8) is 0 Å². The summed E-state index contributed by atoms with van der Waals surface area (Å²) in [6.45, 7) is 0.226. The fraction of sp³-hybridized carbons (Fsp3) is 0.533. The number of hydrogen-bond donors (Lipinski definition) is 2. The van der Waals surface area contributed by atoms with Crippen molar-refractivity contribution in [1.82, 2.24) is 4.90 Å². The molecule has 2 aliphatic rings. The van der Waals surface area contributed by atoms with Crippen LogP contribution in [0, 0.1) is 5.41 Å². The first kappa shape index (κ1) is 12.6. The standard InChI is InChI=1S/C15H20N2O2/c1-17(2)14(15(9-18)5-6-15)10-3-4-12-11(7-10)8-13(19)16-12/h3-4,7,14,18H,5-6,8-9H2,1-2H3,(H,16,19). The Hall–Kier alpha value is -1.39. The van der Waals surface area contributed by atoms with E-state index in [4.69, 9.17) is 0 Å². The summed E-state index contributed by atoms with van der Waals surface area (Å²) in [4.78, 5) is 13.6. The maximum absolute atomic E-state index is 11.4. The van der Waals surface area contributed by atoms with Crippen LogP contribution in [-0.2, 0) is 11.2 Å². The van der Waals surface area contributed by atoms with E-state index >= 15 is 0 Å². The van der Waals surface area contributed by atoms with Gasteiger partial charge < -0.3 is 15.3 Å². The van der Waals surface area contributed by atoms with Gasteiger partial charge in [-0.25, -0.2) is 0 Å². The Morgan fingerprint density at radius 1 is 1.42 bits per heavy atom. The fourth-order valence-electron chi connectivity index (χ4n) is 3.30. The average molecular weight is 260 g/mol. The van der Waals surface area contributed by atoms with Crippen molar-refractivity contribution >= 4 is 11.6 Å². The Morgan fingerprint density at radius 3 is 2.74 bits per heavy atom. The number of nitrogens with zero attached hydrogens (tertiary/aromatic N) is 1. The number of benzene rings is 1. The maximum Gasteiger partial charge on any atom is 0.228 e. The summed E-state index contributed by atoms with van der Waals surface area (Å²) in [5.41, 5.74) is 3.21. The first-order valence-corrected chi connectivity index (χ1v) is 6.76. The van der Waals surface area contributed by atoms with Crippen molar-refractivity contribution in [2.24, 2.45) is 5.41 Å². The highest BCUT2D eigenvalue weighted by Crippen LogP contribution is 2.56. The van der Waals surface area contributed by atoms with Crippen LogP contribution in [0.3, 0.4) is 0 Å². The summed E-state index contributed by atoms with van der Waals surface area (Å²) < 4.78 is 0. The van der Waals surface area contributed by atoms with Crippen LogP contribution in [-0.4, -0.2) is 36.6 Å². The van der Waals surface area contributed by atoms with E-state index in [0.717, 1.165) is 24.1 Å². The van der Waals surface area contributed by atoms with Gasteiger partial charge in [0.25, 0.3) is 0 Å². The van der Waals surface area contributed by atoms with Crippen molar-refractivity contribution < 1.29 is 9.90 Å². The van der Waals surface area contributed by atoms with Gasteiger partial charge in [0.2, 0.25) is 5.91 Å². The molecule has 1 fully saturated rings. The molecule has 0 aromatic heterocycles. The summed E-state index contributed by atoms with van der Waals surface area (Å²) >= 11 is 0. The molecule has 0 saturated heterocycles. The van der Waals surface area contributed by atoms with Crippen molar-refractivity contribution in [2.45, 2.75) is 25.3 Å². The fourth-order valence-corrected chi connectivity index (χ4v) is 3.30. The largest absolute Gasteiger partial charge is 0.396 e. The summed E-state index contributed by atoms with van der Waals surface area (Å²) in [5.74, 6) is 0.0665. The molecule has 1 aliphatic carbocycles. The van der Waals surface area contributed by atoms with Gasteiger partial charge >= 0.3 is 0 Å². The Kier molecular flexibility index (Phi) is 2.87. The second kappa shape index (κ2) is 4.32. The zero-order valence-corrected chi connectivity index (χ0v) is 11.4. The first-order valence-electron chi connectivity index (χ1n) is 6.76. The predicted molar refractivity (Wildman–Crippen MR) is 74.0 cm³/mol. The SMILES string of the molecule is CN(C)C(c1ccc2c(c1)CC(=O)N2)C1(CO)CC1. The molecule has 0 bridgehead atoms. The Bertz CT molecular complexity index is 521. The normalized spacial score (nSPS) is 21.2. The zero-order valence-electron chi connectivity index (χ0n) is 11.4. The van der Waals surface area contributed by atoms with Crippen molar-refractivity contribution in [3.05, 3.63) is 29.3 Å². The van der Waals surface area contributed by atoms with Gasteiger partial charge in [0.15, 0.2) is 0 Å². The molecule has 1 heterocycles. The Labute approximate surface area is 113 Å². The number of rotatable bonds is 4. The summed E-state index contributed by atoms with van der Waals surface area (Å²) in [6, 6.07) is 6.40. The van der Waals surface area contributed by atoms with E-state index in [-0.39, 0.29) is 24.0 Å². The average Bonchev–Trinajstić information content (AvgIpc) is 3.04. The predicted octanol–water partition coefficient (Wildman–Crippen LogP) is 1.56. The highest BCUT2D eigenvalue weighted by atomic mass is 16.3. The first-order chi connectivity index (χ1) is 9.05. The number of carbonyl (C=O) groups excluding carboxylic acids is 1. The molecule has 4 heteroatoms. The second-order valence-corrected chi connectivity index (χ2v) is 6.03. The van der Waals surface area contributed by atoms with Crippen LogP contribution in [0.15, 0.2) is 18.2 Å². The lowest BCUT2D eigenvalue weighted by molar-refractivity contribution is -0.115. The van der Waals surface area contributed by atoms with Gasteiger partial charge in [0.05, 0.1) is 13.0 Å². The molecule has 1 aromatic carbocycles. The number of anilines is 1. The van der Waals surface area contributed by atoms with Crippen molar-refractivity contribution in [2.75, 3.05) is 26.0 Å². The molecule has 1 atom stereocenters. The molecule has 1 saturated carbocycles. The van der Waals surface area contributed by atoms with Gasteiger partial charge in [0.1, 0.15) is 0 Å². The molecule has 102 valence electrons. The minimum atomic E-state index is 0.00772. The summed E-state index contributed by atoms with van der Waals surface area (Å²) in [7, 11) is 4.11. The van der Waals surface area contributed by atoms with Crippen molar-refractivity contribution in [3.8, 4) is 0 Å². The monoisotopic (exact) mass is 260 g/mol. The molecule has 1 aromatic rings. The summed E-state index contributed by atoms with van der Waals surface area (Å²) in [5, 5.41) is 12.5. The minimum absolute atomic E-state index is 0.00772. The highest BCUT2D eigenvalue weighted by Gasteiger charge is 2.50. The van der Waals surface area contributed by atoms with Crippen LogP contribution in [0.4, 0.5) is 5.69 Å². The number of aliphatic hydroxyl groups is 1. The van der Waals surface area contributed by atoms with E-state index in [1.165, 1.54) is 5.56 Å². The lowest BCUT2D eigenvalue weighted by Crippen LogP contribution is -2.31. The van der Waals surface area contributed by atoms with E-state index in [1.54, 1.807) is 0 Å². The molecule has 4 nitrogen and oxygen atoms in total. The third-order valence-corrected chi connectivity index (χ3v) is 4.37. The van der Waals surface area contributed by atoms with E-state index in [1.807, 2.05) is 6.07 Å². The molecule has 0 radical (unpaired) electrons. The smallest absolute Gasteiger partial charge is 0.228 e. The molecule has 1 aliphatic heterocycles. The van der Waals surface area contributed by atoms with E-state index in [0.29, 0.717) is 6.42 Å². The van der Waals surface area contributed by atoms with E-state index in [9.17, 15) is 9.90 Å². The van der Waals surface area contributed by atoms with Crippen LogP contribution in [0.1, 0.15) is 30.0 Å². The molecule has 1 amide bonds. The number of amides is 1. The number of carbonyl (C=O) groups is 1. The Balaban J connectivity index is 1.96. The van der Waals surface area contributed by atoms with Gasteiger partial charge in [-0.1, -0.05) is 12.1 Å². The molecule has 2 N–H and O–H groups in total. The van der Waals surface area contributed by atoms with Crippen molar-refractivity contribution in [1.29, 1.82) is 0 Å². The molecular weight excluding hydrogens is 240 g/mol. The van der Waals surface area contributed by atoms with Gasteiger partial charge in [-0.15, -0.1) is 0 Å². The van der Waals surface area contributed by atoms with E-state index < -0.39 is 0 Å².